The Bertz CT molecular complexity index is 657. The molecule has 0 radical (unpaired) electrons. The molecular weight excluding hydrogens is 284 g/mol. The number of rotatable bonds is 4. The molecule has 0 spiro atoms. The molecule has 2 aromatic rings. The fraction of sp³-hybridized carbons (Fsp3) is 0.294. The van der Waals surface area contributed by atoms with Gasteiger partial charge in [0.2, 0.25) is 0 Å². The fourth-order valence-corrected chi connectivity index (χ4v) is 3.14. The second kappa shape index (κ2) is 6.06. The molecule has 0 bridgehead atoms. The van der Waals surface area contributed by atoms with Crippen molar-refractivity contribution in [3.63, 3.8) is 0 Å². The van der Waals surface area contributed by atoms with Crippen LogP contribution in [0.15, 0.2) is 36.4 Å². The molecule has 3 nitrogen and oxygen atoms in total. The molecule has 110 valence electrons. The molecule has 0 aliphatic carbocycles. The molecule has 0 fully saturated rings. The Morgan fingerprint density at radius 1 is 1.33 bits per heavy atom. The van der Waals surface area contributed by atoms with Crippen molar-refractivity contribution >= 4 is 11.6 Å². The third kappa shape index (κ3) is 3.05. The molecule has 0 saturated heterocycles. The molecule has 1 atom stereocenters. The second-order valence-corrected chi connectivity index (χ2v) is 5.93. The second-order valence-electron chi connectivity index (χ2n) is 5.49. The lowest BCUT2D eigenvalue weighted by Gasteiger charge is -2.19. The topological polar surface area (TPSA) is 47.3 Å². The summed E-state index contributed by atoms with van der Waals surface area (Å²) in [7, 11) is 0. The van der Waals surface area contributed by atoms with Crippen molar-refractivity contribution in [2.75, 3.05) is 6.61 Å². The van der Waals surface area contributed by atoms with Gasteiger partial charge in [0.05, 0.1) is 12.6 Å². The van der Waals surface area contributed by atoms with Crippen LogP contribution in [0.2, 0.25) is 5.02 Å². The molecule has 4 heteroatoms. The van der Waals surface area contributed by atoms with E-state index in [0.29, 0.717) is 0 Å². The van der Waals surface area contributed by atoms with Gasteiger partial charge in [0.1, 0.15) is 5.75 Å². The maximum Gasteiger partial charge on any atom is 0.125 e. The quantitative estimate of drug-likeness (QED) is 0.673. The fourth-order valence-electron chi connectivity index (χ4n) is 2.88. The van der Waals surface area contributed by atoms with Crippen molar-refractivity contribution in [1.29, 1.82) is 0 Å². The van der Waals surface area contributed by atoms with E-state index >= 15 is 0 Å². The maximum atomic E-state index is 6.22. The van der Waals surface area contributed by atoms with Gasteiger partial charge in [-0.3, -0.25) is 11.3 Å². The Morgan fingerprint density at radius 3 is 2.95 bits per heavy atom. The van der Waals surface area contributed by atoms with Gasteiger partial charge >= 0.3 is 0 Å². The average Bonchev–Trinajstić information content (AvgIpc) is 2.92. The van der Waals surface area contributed by atoms with E-state index in [9.17, 15) is 0 Å². The summed E-state index contributed by atoms with van der Waals surface area (Å²) >= 11 is 6.22. The van der Waals surface area contributed by atoms with Crippen LogP contribution in [0.4, 0.5) is 0 Å². The monoisotopic (exact) mass is 302 g/mol. The lowest BCUT2D eigenvalue weighted by Crippen LogP contribution is -2.29. The summed E-state index contributed by atoms with van der Waals surface area (Å²) in [5, 5.41) is 0.759. The number of halogens is 1. The predicted molar refractivity (Wildman–Crippen MR) is 85.6 cm³/mol. The van der Waals surface area contributed by atoms with E-state index < -0.39 is 0 Å². The van der Waals surface area contributed by atoms with Gasteiger partial charge in [-0.2, -0.15) is 0 Å². The maximum absolute atomic E-state index is 6.22. The number of benzene rings is 2. The summed E-state index contributed by atoms with van der Waals surface area (Å²) in [5.41, 5.74) is 7.60. The molecule has 3 N–H and O–H groups in total. The number of hydrazine groups is 1. The molecule has 1 unspecified atom stereocenters. The van der Waals surface area contributed by atoms with Gasteiger partial charge in [-0.05, 0) is 42.2 Å². The molecule has 1 aliphatic heterocycles. The highest BCUT2D eigenvalue weighted by Gasteiger charge is 2.20. The van der Waals surface area contributed by atoms with E-state index in [1.54, 1.807) is 0 Å². The summed E-state index contributed by atoms with van der Waals surface area (Å²) in [4.78, 5) is 0. The average molecular weight is 303 g/mol. The van der Waals surface area contributed by atoms with Crippen molar-refractivity contribution in [3.05, 3.63) is 63.7 Å². The number of hydrogen-bond donors (Lipinski definition) is 2. The van der Waals surface area contributed by atoms with Crippen LogP contribution in [0.3, 0.4) is 0 Å². The van der Waals surface area contributed by atoms with E-state index in [0.717, 1.165) is 35.8 Å². The van der Waals surface area contributed by atoms with Gasteiger partial charge < -0.3 is 4.74 Å². The Morgan fingerprint density at radius 2 is 2.19 bits per heavy atom. The summed E-state index contributed by atoms with van der Waals surface area (Å²) in [6.07, 6.45) is 1.68. The zero-order chi connectivity index (χ0) is 14.8. The first-order valence-electron chi connectivity index (χ1n) is 7.14. The normalized spacial score (nSPS) is 14.6. The lowest BCUT2D eigenvalue weighted by molar-refractivity contribution is 0.351. The van der Waals surface area contributed by atoms with Gasteiger partial charge in [0, 0.05) is 11.4 Å². The first-order chi connectivity index (χ1) is 10.2. The van der Waals surface area contributed by atoms with Crippen LogP contribution >= 0.6 is 11.6 Å². The molecule has 0 amide bonds. The van der Waals surface area contributed by atoms with Gasteiger partial charge in [0.25, 0.3) is 0 Å². The molecule has 3 rings (SSSR count). The van der Waals surface area contributed by atoms with E-state index in [1.807, 2.05) is 18.2 Å². The van der Waals surface area contributed by atoms with Gasteiger partial charge in [-0.1, -0.05) is 41.4 Å². The zero-order valence-corrected chi connectivity index (χ0v) is 12.8. The predicted octanol–water partition coefficient (Wildman–Crippen LogP) is 3.33. The molecule has 21 heavy (non-hydrogen) atoms. The van der Waals surface area contributed by atoms with Crippen LogP contribution in [-0.4, -0.2) is 6.61 Å². The number of aryl methyl sites for hydroxylation is 1. The van der Waals surface area contributed by atoms with E-state index in [2.05, 4.69) is 30.5 Å². The molecule has 1 heterocycles. The SMILES string of the molecule is Cc1cccc(C(Cc2cc(Cl)cc3c2OCC3)NN)c1. The van der Waals surface area contributed by atoms with E-state index in [-0.39, 0.29) is 6.04 Å². The first kappa shape index (κ1) is 14.4. The molecular formula is C17H19ClN2O. The Labute approximate surface area is 130 Å². The smallest absolute Gasteiger partial charge is 0.125 e. The molecule has 2 aromatic carbocycles. The van der Waals surface area contributed by atoms with Gasteiger partial charge in [0.15, 0.2) is 0 Å². The molecule has 0 saturated carbocycles. The third-order valence-electron chi connectivity index (χ3n) is 3.90. The highest BCUT2D eigenvalue weighted by Crippen LogP contribution is 2.35. The minimum atomic E-state index is 0.0386. The number of ether oxygens (including phenoxy) is 1. The Balaban J connectivity index is 1.91. The van der Waals surface area contributed by atoms with Crippen LogP contribution in [0, 0.1) is 6.92 Å². The summed E-state index contributed by atoms with van der Waals surface area (Å²) in [5.74, 6) is 6.74. The largest absolute Gasteiger partial charge is 0.493 e. The number of nitrogens with one attached hydrogen (secondary N) is 1. The summed E-state index contributed by atoms with van der Waals surface area (Å²) < 4.78 is 5.76. The number of hydrogen-bond acceptors (Lipinski definition) is 3. The lowest BCUT2D eigenvalue weighted by atomic mass is 9.96. The van der Waals surface area contributed by atoms with Crippen LogP contribution in [-0.2, 0) is 12.8 Å². The zero-order valence-electron chi connectivity index (χ0n) is 12.0. The van der Waals surface area contributed by atoms with Crippen molar-refractivity contribution in [2.45, 2.75) is 25.8 Å². The highest BCUT2D eigenvalue weighted by atomic mass is 35.5. The van der Waals surface area contributed by atoms with Gasteiger partial charge in [-0.15, -0.1) is 0 Å². The third-order valence-corrected chi connectivity index (χ3v) is 4.11. The molecule has 0 aromatic heterocycles. The minimum absolute atomic E-state index is 0.0386. The summed E-state index contributed by atoms with van der Waals surface area (Å²) in [6, 6.07) is 12.4. The minimum Gasteiger partial charge on any atom is -0.493 e. The Kier molecular flexibility index (Phi) is 4.15. The van der Waals surface area contributed by atoms with Crippen LogP contribution in [0.5, 0.6) is 5.75 Å². The van der Waals surface area contributed by atoms with Gasteiger partial charge in [-0.25, -0.2) is 0 Å². The van der Waals surface area contributed by atoms with E-state index in [4.69, 9.17) is 22.2 Å². The first-order valence-corrected chi connectivity index (χ1v) is 7.52. The molecule has 1 aliphatic rings. The number of nitrogens with two attached hydrogens (primary N) is 1. The van der Waals surface area contributed by atoms with Crippen molar-refractivity contribution in [1.82, 2.24) is 5.43 Å². The van der Waals surface area contributed by atoms with Crippen molar-refractivity contribution in [3.8, 4) is 5.75 Å². The van der Waals surface area contributed by atoms with Crippen molar-refractivity contribution < 1.29 is 4.74 Å². The van der Waals surface area contributed by atoms with E-state index in [1.165, 1.54) is 16.7 Å². The Hall–Kier alpha value is -1.55. The standard InChI is InChI=1S/C17H19ClN2O/c1-11-3-2-4-12(7-11)16(20-19)10-14-9-15(18)8-13-5-6-21-17(13)14/h2-4,7-9,16,20H,5-6,10,19H2,1H3. The van der Waals surface area contributed by atoms with Crippen LogP contribution in [0.1, 0.15) is 28.3 Å². The highest BCUT2D eigenvalue weighted by molar-refractivity contribution is 6.30. The number of fused-ring (bicyclic) bond motifs is 1. The summed E-state index contributed by atoms with van der Waals surface area (Å²) in [6.45, 7) is 2.81. The van der Waals surface area contributed by atoms with Crippen molar-refractivity contribution in [2.24, 2.45) is 5.84 Å². The van der Waals surface area contributed by atoms with Crippen LogP contribution < -0.4 is 16.0 Å². The van der Waals surface area contributed by atoms with Crippen LogP contribution in [0.25, 0.3) is 0 Å².